The molecule has 0 saturated heterocycles. The van der Waals surface area contributed by atoms with Crippen LogP contribution in [0.4, 0.5) is 0 Å². The van der Waals surface area contributed by atoms with Crippen molar-refractivity contribution in [3.8, 4) is 0 Å². The van der Waals surface area contributed by atoms with Crippen LogP contribution >= 0.6 is 11.3 Å². The Morgan fingerprint density at radius 2 is 1.92 bits per heavy atom. The van der Waals surface area contributed by atoms with Crippen LogP contribution in [-0.2, 0) is 16.6 Å². The second-order valence-electron chi connectivity index (χ2n) is 5.42. The summed E-state index contributed by atoms with van der Waals surface area (Å²) in [6.07, 6.45) is 1.67. The van der Waals surface area contributed by atoms with Gasteiger partial charge in [-0.15, -0.1) is 11.3 Å². The van der Waals surface area contributed by atoms with Crippen molar-refractivity contribution in [2.24, 2.45) is 0 Å². The molecule has 24 heavy (non-hydrogen) atoms. The normalized spacial score (nSPS) is 11.6. The maximum absolute atomic E-state index is 12.4. The third-order valence-electron chi connectivity index (χ3n) is 3.74. The Hall–Kier alpha value is -1.70. The molecule has 130 valence electrons. The van der Waals surface area contributed by atoms with E-state index in [1.807, 2.05) is 31.4 Å². The number of sulfonamides is 1. The SMILES string of the molecule is CCC(CC)NC(=O)c1cccc(S(=O)(=O)NCc2cccs2)c1. The standard InChI is InChI=1S/C17H22N2O3S2/c1-3-14(4-2)19-17(20)13-7-5-9-16(11-13)24(21,22)18-12-15-8-6-10-23-15/h5-11,14,18H,3-4,12H2,1-2H3,(H,19,20). The summed E-state index contributed by atoms with van der Waals surface area (Å²) in [7, 11) is -3.66. The molecule has 0 spiro atoms. The zero-order valence-electron chi connectivity index (χ0n) is 13.8. The van der Waals surface area contributed by atoms with Gasteiger partial charge in [0.15, 0.2) is 0 Å². The van der Waals surface area contributed by atoms with Crippen molar-refractivity contribution < 1.29 is 13.2 Å². The van der Waals surface area contributed by atoms with Crippen LogP contribution in [0.1, 0.15) is 41.9 Å². The first-order chi connectivity index (χ1) is 11.5. The summed E-state index contributed by atoms with van der Waals surface area (Å²) in [5.41, 5.74) is 0.348. The van der Waals surface area contributed by atoms with E-state index < -0.39 is 10.0 Å². The van der Waals surface area contributed by atoms with Crippen molar-refractivity contribution in [1.29, 1.82) is 0 Å². The first-order valence-corrected chi connectivity index (χ1v) is 10.3. The van der Waals surface area contributed by atoms with Gasteiger partial charge in [0.1, 0.15) is 0 Å². The lowest BCUT2D eigenvalue weighted by atomic mass is 10.1. The zero-order chi connectivity index (χ0) is 17.6. The van der Waals surface area contributed by atoms with Crippen molar-refractivity contribution in [2.75, 3.05) is 0 Å². The van der Waals surface area contributed by atoms with Crippen LogP contribution in [0.5, 0.6) is 0 Å². The van der Waals surface area contributed by atoms with Crippen LogP contribution < -0.4 is 10.0 Å². The van der Waals surface area contributed by atoms with Crippen LogP contribution in [0.2, 0.25) is 0 Å². The van der Waals surface area contributed by atoms with Gasteiger partial charge >= 0.3 is 0 Å². The lowest BCUT2D eigenvalue weighted by Gasteiger charge is -2.15. The third-order valence-corrected chi connectivity index (χ3v) is 6.02. The second-order valence-corrected chi connectivity index (χ2v) is 8.22. The summed E-state index contributed by atoms with van der Waals surface area (Å²) in [5, 5.41) is 4.81. The summed E-state index contributed by atoms with van der Waals surface area (Å²) in [5.74, 6) is -0.251. The number of hydrogen-bond acceptors (Lipinski definition) is 4. The minimum absolute atomic E-state index is 0.0923. The number of carbonyl (C=O) groups excluding carboxylic acids is 1. The first-order valence-electron chi connectivity index (χ1n) is 7.89. The second kappa shape index (κ2) is 8.41. The van der Waals surface area contributed by atoms with Crippen molar-refractivity contribution in [3.63, 3.8) is 0 Å². The maximum Gasteiger partial charge on any atom is 0.251 e. The van der Waals surface area contributed by atoms with E-state index in [4.69, 9.17) is 0 Å². The fraction of sp³-hybridized carbons (Fsp3) is 0.353. The average molecular weight is 367 g/mol. The predicted molar refractivity (Wildman–Crippen MR) is 96.6 cm³/mol. The highest BCUT2D eigenvalue weighted by Crippen LogP contribution is 2.14. The first kappa shape index (κ1) is 18.6. The predicted octanol–water partition coefficient (Wildman–Crippen LogP) is 3.15. The van der Waals surface area contributed by atoms with Gasteiger partial charge in [0.2, 0.25) is 10.0 Å². The molecule has 1 amide bonds. The molecule has 0 aliphatic carbocycles. The molecule has 1 aromatic heterocycles. The molecule has 2 rings (SSSR count). The van der Waals surface area contributed by atoms with E-state index in [2.05, 4.69) is 10.0 Å². The van der Waals surface area contributed by atoms with Gasteiger partial charge in [-0.05, 0) is 42.5 Å². The molecule has 1 aromatic carbocycles. The summed E-state index contributed by atoms with van der Waals surface area (Å²) in [6.45, 7) is 4.25. The number of nitrogens with one attached hydrogen (secondary N) is 2. The number of rotatable bonds is 8. The minimum atomic E-state index is -3.66. The van der Waals surface area contributed by atoms with E-state index in [1.165, 1.54) is 23.5 Å². The van der Waals surface area contributed by atoms with Gasteiger partial charge in [-0.1, -0.05) is 26.0 Å². The molecule has 7 heteroatoms. The monoisotopic (exact) mass is 366 g/mol. The Kier molecular flexibility index (Phi) is 6.53. The lowest BCUT2D eigenvalue weighted by molar-refractivity contribution is 0.0934. The molecule has 0 bridgehead atoms. The average Bonchev–Trinajstić information content (AvgIpc) is 3.11. The Bertz CT molecular complexity index is 767. The van der Waals surface area contributed by atoms with Crippen LogP contribution in [0.25, 0.3) is 0 Å². The van der Waals surface area contributed by atoms with Gasteiger partial charge < -0.3 is 5.32 Å². The van der Waals surface area contributed by atoms with Gasteiger partial charge in [-0.3, -0.25) is 4.79 Å². The van der Waals surface area contributed by atoms with E-state index in [0.717, 1.165) is 17.7 Å². The molecule has 0 radical (unpaired) electrons. The van der Waals surface area contributed by atoms with Gasteiger partial charge in [-0.2, -0.15) is 0 Å². The number of hydrogen-bond donors (Lipinski definition) is 2. The Labute approximate surface area is 147 Å². The highest BCUT2D eigenvalue weighted by molar-refractivity contribution is 7.89. The van der Waals surface area contributed by atoms with Crippen molar-refractivity contribution in [2.45, 2.75) is 44.2 Å². The number of benzene rings is 1. The van der Waals surface area contributed by atoms with E-state index in [9.17, 15) is 13.2 Å². The molecular formula is C17H22N2O3S2. The van der Waals surface area contributed by atoms with Crippen LogP contribution in [0.15, 0.2) is 46.7 Å². The lowest BCUT2D eigenvalue weighted by Crippen LogP contribution is -2.34. The quantitative estimate of drug-likeness (QED) is 0.754. The largest absolute Gasteiger partial charge is 0.349 e. The molecule has 5 nitrogen and oxygen atoms in total. The van der Waals surface area contributed by atoms with Gasteiger partial charge in [0, 0.05) is 23.0 Å². The summed E-state index contributed by atoms with van der Waals surface area (Å²) >= 11 is 1.49. The topological polar surface area (TPSA) is 75.3 Å². The molecule has 0 aliphatic rings. The van der Waals surface area contributed by atoms with Gasteiger partial charge in [0.25, 0.3) is 5.91 Å². The zero-order valence-corrected chi connectivity index (χ0v) is 15.4. The fourth-order valence-electron chi connectivity index (χ4n) is 2.23. The Morgan fingerprint density at radius 1 is 1.17 bits per heavy atom. The van der Waals surface area contributed by atoms with Crippen molar-refractivity contribution in [3.05, 3.63) is 52.2 Å². The molecule has 2 aromatic rings. The smallest absolute Gasteiger partial charge is 0.251 e. The fourth-order valence-corrected chi connectivity index (χ4v) is 4.02. The summed E-state index contributed by atoms with van der Waals surface area (Å²) < 4.78 is 27.4. The highest BCUT2D eigenvalue weighted by Gasteiger charge is 2.17. The molecule has 0 fully saturated rings. The van der Waals surface area contributed by atoms with E-state index in [-0.39, 0.29) is 23.4 Å². The molecule has 0 unspecified atom stereocenters. The minimum Gasteiger partial charge on any atom is -0.349 e. The highest BCUT2D eigenvalue weighted by atomic mass is 32.2. The van der Waals surface area contributed by atoms with Gasteiger partial charge in [-0.25, -0.2) is 13.1 Å². The third kappa shape index (κ3) is 4.90. The summed E-state index contributed by atoms with van der Waals surface area (Å²) in [4.78, 5) is 13.3. The molecular weight excluding hydrogens is 344 g/mol. The number of amides is 1. The molecule has 0 saturated carbocycles. The van der Waals surface area contributed by atoms with E-state index in [1.54, 1.807) is 12.1 Å². The molecule has 2 N–H and O–H groups in total. The van der Waals surface area contributed by atoms with Crippen LogP contribution in [-0.4, -0.2) is 20.4 Å². The molecule has 0 atom stereocenters. The number of carbonyl (C=O) groups is 1. The Morgan fingerprint density at radius 3 is 2.54 bits per heavy atom. The van der Waals surface area contributed by atoms with Crippen molar-refractivity contribution in [1.82, 2.24) is 10.0 Å². The van der Waals surface area contributed by atoms with Crippen LogP contribution in [0, 0.1) is 0 Å². The maximum atomic E-state index is 12.4. The Balaban J connectivity index is 2.12. The van der Waals surface area contributed by atoms with E-state index in [0.29, 0.717) is 5.56 Å². The molecule has 0 aliphatic heterocycles. The summed E-state index contributed by atoms with van der Waals surface area (Å²) in [6, 6.07) is 9.94. The van der Waals surface area contributed by atoms with Crippen LogP contribution in [0.3, 0.4) is 0 Å². The van der Waals surface area contributed by atoms with E-state index >= 15 is 0 Å². The number of thiophene rings is 1. The molecule has 1 heterocycles. The van der Waals surface area contributed by atoms with Crippen molar-refractivity contribution >= 4 is 27.3 Å². The van der Waals surface area contributed by atoms with Gasteiger partial charge in [0.05, 0.1) is 4.90 Å².